The van der Waals surface area contributed by atoms with Crippen molar-refractivity contribution in [3.8, 4) is 0 Å². The van der Waals surface area contributed by atoms with E-state index < -0.39 is 0 Å². The molecule has 5 heteroatoms. The van der Waals surface area contributed by atoms with Crippen molar-refractivity contribution < 1.29 is 9.90 Å². The quantitative estimate of drug-likeness (QED) is 0.713. The molecule has 0 fully saturated rings. The average molecular weight is 251 g/mol. The van der Waals surface area contributed by atoms with Gasteiger partial charge >= 0.3 is 6.03 Å². The summed E-state index contributed by atoms with van der Waals surface area (Å²) < 4.78 is 0. The molecule has 2 unspecified atom stereocenters. The van der Waals surface area contributed by atoms with Gasteiger partial charge in [0.2, 0.25) is 0 Å². The first-order valence-corrected chi connectivity index (χ1v) is 6.16. The van der Waals surface area contributed by atoms with Gasteiger partial charge in [0.05, 0.1) is 6.10 Å². The zero-order chi connectivity index (χ0) is 13.4. The van der Waals surface area contributed by atoms with Crippen molar-refractivity contribution >= 4 is 6.03 Å². The van der Waals surface area contributed by atoms with Crippen molar-refractivity contribution in [2.45, 2.75) is 32.9 Å². The van der Waals surface area contributed by atoms with E-state index in [2.05, 4.69) is 15.6 Å². The molecule has 0 radical (unpaired) electrons. The first-order valence-electron chi connectivity index (χ1n) is 6.16. The van der Waals surface area contributed by atoms with E-state index in [1.807, 2.05) is 19.1 Å². The van der Waals surface area contributed by atoms with E-state index in [0.29, 0.717) is 19.5 Å². The summed E-state index contributed by atoms with van der Waals surface area (Å²) in [6.45, 7) is 4.79. The second-order valence-corrected chi connectivity index (χ2v) is 4.61. The molecule has 1 aromatic rings. The summed E-state index contributed by atoms with van der Waals surface area (Å²) in [6.07, 6.45) is 3.74. The largest absolute Gasteiger partial charge is 0.393 e. The highest BCUT2D eigenvalue weighted by Crippen LogP contribution is 2.03. The molecule has 3 N–H and O–H groups in total. The van der Waals surface area contributed by atoms with Crippen LogP contribution >= 0.6 is 0 Å². The summed E-state index contributed by atoms with van der Waals surface area (Å²) in [6, 6.07) is 3.52. The van der Waals surface area contributed by atoms with Crippen LogP contribution in [0.5, 0.6) is 0 Å². The Morgan fingerprint density at radius 3 is 2.61 bits per heavy atom. The maximum atomic E-state index is 11.5. The van der Waals surface area contributed by atoms with E-state index >= 15 is 0 Å². The van der Waals surface area contributed by atoms with E-state index in [1.54, 1.807) is 19.3 Å². The average Bonchev–Trinajstić information content (AvgIpc) is 2.34. The van der Waals surface area contributed by atoms with Gasteiger partial charge in [-0.05, 0) is 37.0 Å². The molecule has 18 heavy (non-hydrogen) atoms. The number of aromatic nitrogens is 1. The number of hydrogen-bond acceptors (Lipinski definition) is 3. The molecule has 0 bridgehead atoms. The molecule has 0 aliphatic heterocycles. The predicted octanol–water partition coefficient (Wildman–Crippen LogP) is 1.29. The number of pyridine rings is 1. The monoisotopic (exact) mass is 251 g/mol. The number of hydrogen-bond donors (Lipinski definition) is 3. The zero-order valence-corrected chi connectivity index (χ0v) is 10.9. The molecule has 2 atom stereocenters. The molecule has 0 saturated carbocycles. The Kier molecular flexibility index (Phi) is 6.14. The summed E-state index contributed by atoms with van der Waals surface area (Å²) in [5.41, 5.74) is 1.01. The van der Waals surface area contributed by atoms with Crippen LogP contribution < -0.4 is 10.6 Å². The summed E-state index contributed by atoms with van der Waals surface area (Å²) in [5, 5.41) is 14.8. The molecule has 1 aromatic heterocycles. The van der Waals surface area contributed by atoms with Gasteiger partial charge in [0.25, 0.3) is 0 Å². The van der Waals surface area contributed by atoms with Crippen molar-refractivity contribution in [2.75, 3.05) is 6.54 Å². The van der Waals surface area contributed by atoms with Gasteiger partial charge < -0.3 is 15.7 Å². The maximum Gasteiger partial charge on any atom is 0.315 e. The highest BCUT2D eigenvalue weighted by atomic mass is 16.3. The van der Waals surface area contributed by atoms with Crippen molar-refractivity contribution in [3.63, 3.8) is 0 Å². The van der Waals surface area contributed by atoms with Gasteiger partial charge in [-0.3, -0.25) is 4.98 Å². The van der Waals surface area contributed by atoms with Gasteiger partial charge in [0, 0.05) is 25.5 Å². The van der Waals surface area contributed by atoms with Crippen LogP contribution in [0.25, 0.3) is 0 Å². The molecule has 0 saturated heterocycles. The minimum absolute atomic E-state index is 0.191. The number of amides is 2. The third-order valence-corrected chi connectivity index (χ3v) is 2.56. The fraction of sp³-hybridized carbons (Fsp3) is 0.538. The van der Waals surface area contributed by atoms with Crippen LogP contribution in [0, 0.1) is 5.92 Å². The number of nitrogens with one attached hydrogen (secondary N) is 2. The summed E-state index contributed by atoms with van der Waals surface area (Å²) >= 11 is 0. The molecular formula is C13H21N3O2. The smallest absolute Gasteiger partial charge is 0.315 e. The van der Waals surface area contributed by atoms with Crippen molar-refractivity contribution in [3.05, 3.63) is 30.1 Å². The molecule has 5 nitrogen and oxygen atoms in total. The van der Waals surface area contributed by atoms with Crippen molar-refractivity contribution in [1.29, 1.82) is 0 Å². The van der Waals surface area contributed by atoms with Crippen molar-refractivity contribution in [1.82, 2.24) is 15.6 Å². The van der Waals surface area contributed by atoms with Crippen LogP contribution in [0.1, 0.15) is 25.8 Å². The number of carbonyl (C=O) groups excluding carboxylic acids is 1. The predicted molar refractivity (Wildman–Crippen MR) is 69.9 cm³/mol. The summed E-state index contributed by atoms with van der Waals surface area (Å²) in [5.74, 6) is 0.261. The molecular weight excluding hydrogens is 230 g/mol. The van der Waals surface area contributed by atoms with Crippen LogP contribution in [0.15, 0.2) is 24.5 Å². The lowest BCUT2D eigenvalue weighted by Crippen LogP contribution is -2.37. The number of nitrogens with zero attached hydrogens (tertiary/aromatic N) is 1. The SMILES string of the molecule is CC(O)CC(C)CNC(=O)NCc1ccncc1. The lowest BCUT2D eigenvalue weighted by molar-refractivity contribution is 0.163. The van der Waals surface area contributed by atoms with Crippen LogP contribution in [0.3, 0.4) is 0 Å². The first kappa shape index (κ1) is 14.4. The molecule has 0 aliphatic carbocycles. The Bertz CT molecular complexity index is 355. The third kappa shape index (κ3) is 6.20. The van der Waals surface area contributed by atoms with Crippen LogP contribution in [0.2, 0.25) is 0 Å². The first-order chi connectivity index (χ1) is 8.58. The maximum absolute atomic E-state index is 11.5. The standard InChI is InChI=1S/C13H21N3O2/c1-10(7-11(2)17)8-15-13(18)16-9-12-3-5-14-6-4-12/h3-6,10-11,17H,7-9H2,1-2H3,(H2,15,16,18). The Labute approximate surface area is 108 Å². The lowest BCUT2D eigenvalue weighted by Gasteiger charge is -2.14. The van der Waals surface area contributed by atoms with Gasteiger partial charge in [-0.1, -0.05) is 6.92 Å². The summed E-state index contributed by atoms with van der Waals surface area (Å²) in [4.78, 5) is 15.4. The van der Waals surface area contributed by atoms with Gasteiger partial charge in [-0.15, -0.1) is 0 Å². The molecule has 0 spiro atoms. The highest BCUT2D eigenvalue weighted by Gasteiger charge is 2.07. The minimum Gasteiger partial charge on any atom is -0.393 e. The normalized spacial score (nSPS) is 13.7. The topological polar surface area (TPSA) is 74.2 Å². The van der Waals surface area contributed by atoms with Gasteiger partial charge in [0.1, 0.15) is 0 Å². The second kappa shape index (κ2) is 7.66. The Balaban J connectivity index is 2.18. The fourth-order valence-corrected chi connectivity index (χ4v) is 1.68. The minimum atomic E-state index is -0.332. The fourth-order valence-electron chi connectivity index (χ4n) is 1.68. The molecule has 1 rings (SSSR count). The second-order valence-electron chi connectivity index (χ2n) is 4.61. The van der Waals surface area contributed by atoms with E-state index in [-0.39, 0.29) is 18.1 Å². The molecule has 1 heterocycles. The number of aliphatic hydroxyl groups excluding tert-OH is 1. The lowest BCUT2D eigenvalue weighted by atomic mass is 10.1. The number of urea groups is 1. The Morgan fingerprint density at radius 1 is 1.33 bits per heavy atom. The number of aliphatic hydroxyl groups is 1. The molecule has 2 amide bonds. The van der Waals surface area contributed by atoms with Gasteiger partial charge in [0.15, 0.2) is 0 Å². The van der Waals surface area contributed by atoms with Crippen LogP contribution in [-0.2, 0) is 6.54 Å². The van der Waals surface area contributed by atoms with E-state index in [4.69, 9.17) is 0 Å². The molecule has 0 aliphatic rings. The van der Waals surface area contributed by atoms with E-state index in [1.165, 1.54) is 0 Å². The number of rotatable bonds is 6. The van der Waals surface area contributed by atoms with Gasteiger partial charge in [-0.25, -0.2) is 4.79 Å². The van der Waals surface area contributed by atoms with Crippen LogP contribution in [0.4, 0.5) is 4.79 Å². The van der Waals surface area contributed by atoms with Gasteiger partial charge in [-0.2, -0.15) is 0 Å². The van der Waals surface area contributed by atoms with Crippen LogP contribution in [-0.4, -0.2) is 28.8 Å². The van der Waals surface area contributed by atoms with E-state index in [9.17, 15) is 9.90 Å². The number of carbonyl (C=O) groups is 1. The molecule has 100 valence electrons. The zero-order valence-electron chi connectivity index (χ0n) is 10.9. The third-order valence-electron chi connectivity index (χ3n) is 2.56. The molecule has 0 aromatic carbocycles. The Morgan fingerprint density at radius 2 is 2.00 bits per heavy atom. The van der Waals surface area contributed by atoms with E-state index in [0.717, 1.165) is 5.56 Å². The highest BCUT2D eigenvalue weighted by molar-refractivity contribution is 5.73. The summed E-state index contributed by atoms with van der Waals surface area (Å²) in [7, 11) is 0. The van der Waals surface area contributed by atoms with Crippen molar-refractivity contribution in [2.24, 2.45) is 5.92 Å². The Hall–Kier alpha value is -1.62.